The minimum Gasteiger partial charge on any atom is -0.379 e. The topological polar surface area (TPSA) is 222 Å². The van der Waals surface area contributed by atoms with Crippen LogP contribution in [0.1, 0.15) is 68.6 Å². The molecule has 0 radical (unpaired) electrons. The smallest absolute Gasteiger partial charge is 0.379 e. The van der Waals surface area contributed by atoms with Crippen molar-refractivity contribution < 1.29 is 40.7 Å². The van der Waals surface area contributed by atoms with Gasteiger partial charge in [-0.25, -0.2) is 22.5 Å². The van der Waals surface area contributed by atoms with Crippen molar-refractivity contribution in [3.8, 4) is 6.07 Å². The Kier molecular flexibility index (Phi) is 10.9. The Hall–Kier alpha value is -7.31. The summed E-state index contributed by atoms with van der Waals surface area (Å²) >= 11 is 0. The van der Waals surface area contributed by atoms with Gasteiger partial charge in [0.05, 0.1) is 64.8 Å². The van der Waals surface area contributed by atoms with Gasteiger partial charge in [0.2, 0.25) is 0 Å². The first-order chi connectivity index (χ1) is 29.9. The van der Waals surface area contributed by atoms with E-state index in [1.807, 2.05) is 24.3 Å². The van der Waals surface area contributed by atoms with E-state index in [4.69, 9.17) is 5.26 Å². The number of rotatable bonds is 12. The van der Waals surface area contributed by atoms with Crippen LogP contribution in [0.25, 0.3) is 0 Å². The summed E-state index contributed by atoms with van der Waals surface area (Å²) < 4.78 is 84.5. The lowest BCUT2D eigenvalue weighted by Crippen LogP contribution is -2.45. The summed E-state index contributed by atoms with van der Waals surface area (Å²) in [7, 11) is -2.50. The molecule has 2 aromatic heterocycles. The number of aromatic nitrogens is 6. The number of sulfone groups is 1. The quantitative estimate of drug-likeness (QED) is 0.117. The summed E-state index contributed by atoms with van der Waals surface area (Å²) in [4.78, 5) is 34.5. The minimum absolute atomic E-state index is 0.0969. The highest BCUT2D eigenvalue weighted by Crippen LogP contribution is 2.45. The van der Waals surface area contributed by atoms with Crippen molar-refractivity contribution in [2.45, 2.75) is 48.6 Å². The predicted molar refractivity (Wildman–Crippen MR) is 219 cm³/mol. The summed E-state index contributed by atoms with van der Waals surface area (Å²) in [5.41, 5.74) is -0.0705. The second kappa shape index (κ2) is 16.2. The molecule has 0 spiro atoms. The maximum Gasteiger partial charge on any atom is 0.417 e. The Balaban J connectivity index is 0.888. The number of hydrogen-bond acceptors (Lipinski definition) is 13. The number of halogens is 4. The molecular formula is C42H35F4N11O5S. The van der Waals surface area contributed by atoms with Crippen LogP contribution < -0.4 is 16.0 Å². The Labute approximate surface area is 356 Å². The van der Waals surface area contributed by atoms with E-state index in [1.54, 1.807) is 22.6 Å². The lowest BCUT2D eigenvalue weighted by molar-refractivity contribution is -0.137. The molecule has 63 heavy (non-hydrogen) atoms. The molecule has 2 aliphatic heterocycles. The first-order valence-corrected chi connectivity index (χ1v) is 20.8. The molecule has 2 unspecified atom stereocenters. The van der Waals surface area contributed by atoms with E-state index in [1.165, 1.54) is 48.8 Å². The number of nitrogens with one attached hydrogen (secondary N) is 3. The number of nitrogens with zero attached hydrogens (tertiary/aromatic N) is 8. The lowest BCUT2D eigenvalue weighted by atomic mass is 9.78. The van der Waals surface area contributed by atoms with Crippen molar-refractivity contribution >= 4 is 44.3 Å². The van der Waals surface area contributed by atoms with Crippen LogP contribution in [-0.4, -0.2) is 78.6 Å². The van der Waals surface area contributed by atoms with Crippen LogP contribution in [-0.2, 0) is 40.9 Å². The van der Waals surface area contributed by atoms with Gasteiger partial charge in [0.25, 0.3) is 5.91 Å². The number of ketones is 1. The SMILES string of the molecule is Cn1ncnc1C1C2=NCC(=O)c3cc(F)cc(c32)N[C@@H]1c1ccc(Cn2cc(CNc3ccc(S(=O)(=O)CC(C)(O)C(=O)Nc4ccc(C#N)c(C(F)(F)F)c4)cc3)nn2)cc1. The van der Waals surface area contributed by atoms with Crippen LogP contribution in [0, 0.1) is 17.1 Å². The number of amides is 1. The Morgan fingerprint density at radius 1 is 1.05 bits per heavy atom. The number of aryl methyl sites for hydroxylation is 1. The van der Waals surface area contributed by atoms with E-state index in [0.717, 1.165) is 30.2 Å². The van der Waals surface area contributed by atoms with Crippen molar-refractivity contribution in [3.63, 3.8) is 0 Å². The molecule has 0 saturated heterocycles. The van der Waals surface area contributed by atoms with Crippen LogP contribution in [0.4, 0.5) is 34.6 Å². The fourth-order valence-corrected chi connectivity index (χ4v) is 9.15. The van der Waals surface area contributed by atoms with Crippen molar-refractivity contribution in [1.29, 1.82) is 5.26 Å². The fraction of sp³-hybridized carbons (Fsp3) is 0.238. The number of hydrogen-bond donors (Lipinski definition) is 4. The minimum atomic E-state index is -4.89. The van der Waals surface area contributed by atoms with Crippen LogP contribution in [0.5, 0.6) is 0 Å². The Morgan fingerprint density at radius 2 is 1.78 bits per heavy atom. The van der Waals surface area contributed by atoms with Crippen molar-refractivity contribution in [2.24, 2.45) is 12.0 Å². The number of alkyl halides is 3. The van der Waals surface area contributed by atoms with E-state index in [-0.39, 0.29) is 35.0 Å². The van der Waals surface area contributed by atoms with E-state index >= 15 is 0 Å². The molecule has 0 aliphatic carbocycles. The van der Waals surface area contributed by atoms with Crippen LogP contribution in [0.2, 0.25) is 0 Å². The summed E-state index contributed by atoms with van der Waals surface area (Å²) in [5.74, 6) is -2.94. The largest absolute Gasteiger partial charge is 0.417 e. The molecular weight excluding hydrogens is 847 g/mol. The number of anilines is 3. The maximum absolute atomic E-state index is 14.7. The fourth-order valence-electron chi connectivity index (χ4n) is 7.56. The third-order valence-electron chi connectivity index (χ3n) is 10.6. The zero-order chi connectivity index (χ0) is 44.8. The summed E-state index contributed by atoms with van der Waals surface area (Å²) in [6, 6.07) is 19.3. The van der Waals surface area contributed by atoms with Gasteiger partial charge in [0, 0.05) is 35.2 Å². The molecule has 0 saturated carbocycles. The number of aliphatic hydroxyl groups is 1. The van der Waals surface area contributed by atoms with Gasteiger partial charge < -0.3 is 21.1 Å². The first-order valence-electron chi connectivity index (χ1n) is 19.1. The van der Waals surface area contributed by atoms with E-state index in [9.17, 15) is 40.7 Å². The first kappa shape index (κ1) is 42.4. The molecule has 322 valence electrons. The highest BCUT2D eigenvalue weighted by molar-refractivity contribution is 7.91. The van der Waals surface area contributed by atoms with Gasteiger partial charge >= 0.3 is 6.18 Å². The van der Waals surface area contributed by atoms with Crippen LogP contribution in [0.3, 0.4) is 0 Å². The Morgan fingerprint density at radius 3 is 2.46 bits per heavy atom. The van der Waals surface area contributed by atoms with E-state index in [0.29, 0.717) is 46.8 Å². The molecule has 16 nitrogen and oxygen atoms in total. The molecule has 8 rings (SSSR count). The lowest BCUT2D eigenvalue weighted by Gasteiger charge is -2.37. The number of carbonyl (C=O) groups is 2. The van der Waals surface area contributed by atoms with Crippen molar-refractivity contribution in [1.82, 2.24) is 29.8 Å². The third kappa shape index (κ3) is 8.62. The average molecular weight is 882 g/mol. The molecule has 4 aromatic carbocycles. The van der Waals surface area contributed by atoms with Gasteiger partial charge in [-0.1, -0.05) is 29.5 Å². The van der Waals surface area contributed by atoms with E-state index in [2.05, 4.69) is 41.3 Å². The number of benzene rings is 4. The zero-order valence-corrected chi connectivity index (χ0v) is 34.0. The summed E-state index contributed by atoms with van der Waals surface area (Å²) in [6.45, 7) is 1.43. The number of Topliss-reactive ketones (excluding diaryl/α,β-unsaturated/α-hetero) is 1. The van der Waals surface area contributed by atoms with Crippen molar-refractivity contribution in [3.05, 3.63) is 142 Å². The molecule has 4 heterocycles. The van der Waals surface area contributed by atoms with Gasteiger partial charge in [-0.15, -0.1) is 5.10 Å². The Bertz CT molecular complexity index is 2960. The standard InChI is InChI=1S/C42H35F4N11O5S/c1-41(60,40(59)52-28-8-7-25(16-47)32(15-28)42(44,45)46)21-63(61,62)30-11-9-27(10-12-30)48-17-29-20-57(55-54-29)19-23-3-5-24(6-4-23)37-36(39-50-22-51-56(39)2)38-35-31(34(58)18-49-38)13-26(43)14-33(35)53-37/h3-15,20,22,36-37,48,53,60H,17-19,21H2,1-2H3,(H,52,59)/t36?,37-,41?/m1/s1. The third-order valence-corrected chi connectivity index (χ3v) is 12.6. The molecule has 0 bridgehead atoms. The molecule has 6 aromatic rings. The number of carbonyl (C=O) groups excluding carboxylic acids is 2. The number of nitriles is 1. The zero-order valence-electron chi connectivity index (χ0n) is 33.2. The molecule has 1 amide bonds. The highest BCUT2D eigenvalue weighted by atomic mass is 32.2. The molecule has 2 aliphatic rings. The monoisotopic (exact) mass is 881 g/mol. The van der Waals surface area contributed by atoms with Crippen LogP contribution in [0.15, 0.2) is 101 Å². The van der Waals surface area contributed by atoms with E-state index < -0.39 is 62.2 Å². The average Bonchev–Trinajstić information content (AvgIpc) is 3.88. The van der Waals surface area contributed by atoms with Gasteiger partial charge in [-0.3, -0.25) is 19.3 Å². The maximum atomic E-state index is 14.7. The molecule has 21 heteroatoms. The summed E-state index contributed by atoms with van der Waals surface area (Å²) in [5, 5.41) is 41.2. The molecule has 0 fully saturated rings. The van der Waals surface area contributed by atoms with Gasteiger partial charge in [0.1, 0.15) is 30.2 Å². The second-order valence-electron chi connectivity index (χ2n) is 15.2. The van der Waals surface area contributed by atoms with Gasteiger partial charge in [0.15, 0.2) is 21.2 Å². The van der Waals surface area contributed by atoms with Crippen LogP contribution >= 0.6 is 0 Å². The molecule has 4 N–H and O–H groups in total. The molecule has 3 atom stereocenters. The highest BCUT2D eigenvalue weighted by Gasteiger charge is 2.42. The summed E-state index contributed by atoms with van der Waals surface area (Å²) in [6.07, 6.45) is -1.70. The van der Waals surface area contributed by atoms with Crippen molar-refractivity contribution in [2.75, 3.05) is 28.2 Å². The predicted octanol–water partition coefficient (Wildman–Crippen LogP) is 5.20. The van der Waals surface area contributed by atoms with Gasteiger partial charge in [-0.2, -0.15) is 23.5 Å². The second-order valence-corrected chi connectivity index (χ2v) is 17.2. The number of aliphatic imine (C=N–C) groups is 1. The van der Waals surface area contributed by atoms with Gasteiger partial charge in [-0.05, 0) is 72.6 Å². The normalized spacial score (nSPS) is 16.9.